The van der Waals surface area contributed by atoms with E-state index in [1.54, 1.807) is 0 Å². The normalized spacial score (nSPS) is 17.7. The first-order chi connectivity index (χ1) is 10.4. The summed E-state index contributed by atoms with van der Waals surface area (Å²) in [7, 11) is 0. The molecule has 0 bridgehead atoms. The predicted molar refractivity (Wildman–Crippen MR) is 79.7 cm³/mol. The van der Waals surface area contributed by atoms with Crippen molar-refractivity contribution in [3.05, 3.63) is 35.7 Å². The van der Waals surface area contributed by atoms with Crippen LogP contribution in [0, 0.1) is 0 Å². The van der Waals surface area contributed by atoms with E-state index in [0.717, 1.165) is 42.4 Å². The fraction of sp³-hybridized carbons (Fsp3) is 0.267. The maximum absolute atomic E-state index is 5.72. The zero-order chi connectivity index (χ0) is 13.8. The molecule has 1 N–H and O–H groups in total. The van der Waals surface area contributed by atoms with E-state index in [1.807, 2.05) is 0 Å². The van der Waals surface area contributed by atoms with Gasteiger partial charge in [-0.25, -0.2) is 15.0 Å². The molecule has 0 unspecified atom stereocenters. The van der Waals surface area contributed by atoms with Crippen LogP contribution in [0.2, 0.25) is 0 Å². The summed E-state index contributed by atoms with van der Waals surface area (Å²) in [6, 6.07) is 6.52. The van der Waals surface area contributed by atoms with Gasteiger partial charge in [0.1, 0.15) is 18.5 Å². The van der Waals surface area contributed by atoms with Gasteiger partial charge in [-0.15, -0.1) is 0 Å². The highest BCUT2D eigenvalue weighted by molar-refractivity contribution is 6.20. The number of hydrogen-bond donors (Lipinski definition) is 1. The molecule has 0 atom stereocenters. The molecule has 0 saturated heterocycles. The molecule has 0 amide bonds. The highest BCUT2D eigenvalue weighted by Crippen LogP contribution is 2.38. The van der Waals surface area contributed by atoms with Crippen LogP contribution >= 0.6 is 0 Å². The Morgan fingerprint density at radius 2 is 2.24 bits per heavy atom. The van der Waals surface area contributed by atoms with Crippen molar-refractivity contribution in [3.8, 4) is 5.88 Å². The molecule has 21 heavy (non-hydrogen) atoms. The second-order valence-electron chi connectivity index (χ2n) is 5.33. The topological polar surface area (TPSA) is 62.6 Å². The van der Waals surface area contributed by atoms with E-state index in [4.69, 9.17) is 4.74 Å². The average molecular weight is 279 g/mol. The molecule has 2 aromatic rings. The minimum absolute atomic E-state index is 0.595. The van der Waals surface area contributed by atoms with Crippen LogP contribution < -0.4 is 15.0 Å². The molecular weight excluding hydrogens is 266 g/mol. The fourth-order valence-electron chi connectivity index (χ4n) is 3.10. The standard InChI is InChI=1S/C15H13N5O/c1-2-11-9(3-4-16-11)7-10(1)20-5-6-21-15-12-13(17-8-18-15)19-14(12)20/h1-2,7-8,16H,3-6H2. The molecule has 3 aliphatic heterocycles. The van der Waals surface area contributed by atoms with E-state index in [2.05, 4.69) is 43.4 Å². The van der Waals surface area contributed by atoms with Gasteiger partial charge < -0.3 is 15.0 Å². The third-order valence-electron chi connectivity index (χ3n) is 4.15. The molecule has 1 aromatic heterocycles. The highest BCUT2D eigenvalue weighted by atomic mass is 16.5. The van der Waals surface area contributed by atoms with Gasteiger partial charge in [0, 0.05) is 17.9 Å². The summed E-state index contributed by atoms with van der Waals surface area (Å²) < 4.78 is 5.72. The molecule has 0 saturated carbocycles. The Bertz CT molecular complexity index is 786. The first-order valence-electron chi connectivity index (χ1n) is 7.11. The van der Waals surface area contributed by atoms with E-state index in [9.17, 15) is 0 Å². The lowest BCUT2D eigenvalue weighted by molar-refractivity contribution is 0.319. The van der Waals surface area contributed by atoms with Crippen LogP contribution in [0.15, 0.2) is 29.5 Å². The maximum Gasteiger partial charge on any atom is 0.230 e. The number of rotatable bonds is 1. The van der Waals surface area contributed by atoms with Crippen LogP contribution in [0.5, 0.6) is 5.88 Å². The molecule has 3 aliphatic rings. The SMILES string of the molecule is c1nc2c3c(n1)OCCN(c1ccc4c(c1)CCN4)C3=N2. The smallest absolute Gasteiger partial charge is 0.230 e. The van der Waals surface area contributed by atoms with Gasteiger partial charge >= 0.3 is 0 Å². The van der Waals surface area contributed by atoms with Gasteiger partial charge in [0.15, 0.2) is 11.7 Å². The van der Waals surface area contributed by atoms with Crippen molar-refractivity contribution in [2.24, 2.45) is 4.99 Å². The van der Waals surface area contributed by atoms with Gasteiger partial charge in [-0.2, -0.15) is 0 Å². The van der Waals surface area contributed by atoms with Crippen molar-refractivity contribution in [1.29, 1.82) is 0 Å². The second kappa shape index (κ2) is 3.94. The number of amidine groups is 1. The molecule has 104 valence electrons. The Balaban J connectivity index is 1.59. The highest BCUT2D eigenvalue weighted by Gasteiger charge is 2.34. The van der Waals surface area contributed by atoms with Gasteiger partial charge in [-0.05, 0) is 30.2 Å². The maximum atomic E-state index is 5.72. The zero-order valence-corrected chi connectivity index (χ0v) is 11.3. The number of fused-ring (bicyclic) bond motifs is 1. The quantitative estimate of drug-likeness (QED) is 0.861. The molecule has 0 radical (unpaired) electrons. The number of nitrogens with zero attached hydrogens (tertiary/aromatic N) is 4. The number of hydrogen-bond acceptors (Lipinski definition) is 6. The van der Waals surface area contributed by atoms with Crippen molar-refractivity contribution in [2.75, 3.05) is 29.9 Å². The molecule has 0 spiro atoms. The summed E-state index contributed by atoms with van der Waals surface area (Å²) in [5.41, 5.74) is 4.70. The van der Waals surface area contributed by atoms with Crippen LogP contribution in [0.3, 0.4) is 0 Å². The molecule has 4 heterocycles. The number of anilines is 2. The van der Waals surface area contributed by atoms with E-state index in [1.165, 1.54) is 17.6 Å². The van der Waals surface area contributed by atoms with Crippen molar-refractivity contribution < 1.29 is 4.74 Å². The largest absolute Gasteiger partial charge is 0.475 e. The third-order valence-corrected chi connectivity index (χ3v) is 4.15. The van der Waals surface area contributed by atoms with Crippen molar-refractivity contribution in [1.82, 2.24) is 9.97 Å². The minimum atomic E-state index is 0.595. The Labute approximate surface area is 121 Å². The van der Waals surface area contributed by atoms with Crippen LogP contribution in [0.25, 0.3) is 0 Å². The third kappa shape index (κ3) is 1.50. The molecule has 0 fully saturated rings. The summed E-state index contributed by atoms with van der Waals surface area (Å²) in [5, 5.41) is 3.39. The Morgan fingerprint density at radius 3 is 3.24 bits per heavy atom. The molecule has 6 nitrogen and oxygen atoms in total. The number of aliphatic imine (C=N–C) groups is 1. The lowest BCUT2D eigenvalue weighted by atomic mass is 10.1. The van der Waals surface area contributed by atoms with Crippen LogP contribution in [-0.4, -0.2) is 35.5 Å². The molecule has 0 aliphatic carbocycles. The first-order valence-corrected chi connectivity index (χ1v) is 7.11. The second-order valence-corrected chi connectivity index (χ2v) is 5.33. The number of nitrogens with one attached hydrogen (secondary N) is 1. The Hall–Kier alpha value is -2.63. The molecule has 5 rings (SSSR count). The van der Waals surface area contributed by atoms with Gasteiger partial charge in [-0.3, -0.25) is 0 Å². The van der Waals surface area contributed by atoms with Crippen LogP contribution in [0.4, 0.5) is 17.2 Å². The molecule has 6 heteroatoms. The monoisotopic (exact) mass is 279 g/mol. The summed E-state index contributed by atoms with van der Waals surface area (Å²) in [6.07, 6.45) is 2.58. The number of aromatic nitrogens is 2. The Morgan fingerprint density at radius 1 is 1.24 bits per heavy atom. The van der Waals surface area contributed by atoms with Crippen molar-refractivity contribution >= 4 is 23.0 Å². The summed E-state index contributed by atoms with van der Waals surface area (Å²) in [6.45, 7) is 2.38. The Kier molecular flexibility index (Phi) is 2.08. The van der Waals surface area contributed by atoms with E-state index < -0.39 is 0 Å². The summed E-state index contributed by atoms with van der Waals surface area (Å²) in [5.74, 6) is 2.30. The van der Waals surface area contributed by atoms with Gasteiger partial charge in [0.05, 0.1) is 6.54 Å². The predicted octanol–water partition coefficient (Wildman–Crippen LogP) is 1.74. The van der Waals surface area contributed by atoms with Crippen molar-refractivity contribution in [3.63, 3.8) is 0 Å². The van der Waals surface area contributed by atoms with Crippen LogP contribution in [0.1, 0.15) is 11.1 Å². The van der Waals surface area contributed by atoms with Gasteiger partial charge in [-0.1, -0.05) is 0 Å². The van der Waals surface area contributed by atoms with E-state index in [0.29, 0.717) is 12.5 Å². The van der Waals surface area contributed by atoms with E-state index >= 15 is 0 Å². The first kappa shape index (κ1) is 11.1. The summed E-state index contributed by atoms with van der Waals surface area (Å²) in [4.78, 5) is 15.1. The number of ether oxygens (including phenoxy) is 1. The van der Waals surface area contributed by atoms with E-state index in [-0.39, 0.29) is 0 Å². The minimum Gasteiger partial charge on any atom is -0.475 e. The molecule has 1 aromatic carbocycles. The average Bonchev–Trinajstić information content (AvgIpc) is 2.86. The number of benzene rings is 1. The van der Waals surface area contributed by atoms with Gasteiger partial charge in [0.25, 0.3) is 0 Å². The van der Waals surface area contributed by atoms with Crippen LogP contribution in [-0.2, 0) is 6.42 Å². The zero-order valence-electron chi connectivity index (χ0n) is 11.3. The van der Waals surface area contributed by atoms with Crippen molar-refractivity contribution in [2.45, 2.75) is 6.42 Å². The lowest BCUT2D eigenvalue weighted by Gasteiger charge is -2.28. The fourth-order valence-corrected chi connectivity index (χ4v) is 3.10. The molecular formula is C15H13N5O. The lowest BCUT2D eigenvalue weighted by Crippen LogP contribution is -2.35. The van der Waals surface area contributed by atoms with Gasteiger partial charge in [0.2, 0.25) is 5.88 Å². The summed E-state index contributed by atoms with van der Waals surface area (Å²) >= 11 is 0.